The van der Waals surface area contributed by atoms with Gasteiger partial charge in [0.1, 0.15) is 5.69 Å². The van der Waals surface area contributed by atoms with E-state index in [2.05, 4.69) is 21.6 Å². The second kappa shape index (κ2) is 5.07. The van der Waals surface area contributed by atoms with Gasteiger partial charge in [-0.15, -0.1) is 11.3 Å². The van der Waals surface area contributed by atoms with Crippen LogP contribution in [0.5, 0.6) is 0 Å². The summed E-state index contributed by atoms with van der Waals surface area (Å²) in [5.74, 6) is -3.57. The molecule has 0 fully saturated rings. The molecular formula is C8H7N3O5S. The number of anilines is 1. The van der Waals surface area contributed by atoms with Crippen LogP contribution in [0.15, 0.2) is 22.9 Å². The number of hydrogen-bond donors (Lipinski definition) is 3. The lowest BCUT2D eigenvalue weighted by Crippen LogP contribution is -2.16. The molecule has 9 heteroatoms. The highest BCUT2D eigenvalue weighted by Crippen LogP contribution is 2.12. The van der Waals surface area contributed by atoms with Gasteiger partial charge < -0.3 is 20.8 Å². The smallest absolute Gasteiger partial charge is 0.374 e. The Bertz CT molecular complexity index is 507. The monoisotopic (exact) mass is 257 g/mol. The van der Waals surface area contributed by atoms with Crippen LogP contribution in [0.1, 0.15) is 5.69 Å². The zero-order chi connectivity index (χ0) is 13.0. The molecule has 0 amide bonds. The van der Waals surface area contributed by atoms with Crippen LogP contribution < -0.4 is 5.73 Å². The Labute approximate surface area is 98.6 Å². The Hall–Kier alpha value is -2.42. The molecule has 0 aliphatic rings. The Balaban J connectivity index is 2.94. The van der Waals surface area contributed by atoms with Crippen molar-refractivity contribution in [1.82, 2.24) is 4.98 Å². The number of oxime groups is 1. The first-order chi connectivity index (χ1) is 7.91. The van der Waals surface area contributed by atoms with Crippen molar-refractivity contribution in [2.24, 2.45) is 5.16 Å². The van der Waals surface area contributed by atoms with Gasteiger partial charge in [0.25, 0.3) is 0 Å². The lowest BCUT2D eigenvalue weighted by atomic mass is 10.3. The number of rotatable bonds is 5. The zero-order valence-corrected chi connectivity index (χ0v) is 9.10. The van der Waals surface area contributed by atoms with E-state index >= 15 is 0 Å². The molecule has 1 aromatic heterocycles. The minimum absolute atomic E-state index is 0.0156. The lowest BCUT2D eigenvalue weighted by molar-refractivity contribution is -0.137. The summed E-state index contributed by atoms with van der Waals surface area (Å²) in [6, 6.07) is 0. The molecule has 0 unspecified atom stereocenters. The maximum atomic E-state index is 10.8. The Morgan fingerprint density at radius 1 is 1.47 bits per heavy atom. The van der Waals surface area contributed by atoms with Crippen LogP contribution in [0, 0.1) is 0 Å². The van der Waals surface area contributed by atoms with E-state index in [1.807, 2.05) is 0 Å². The zero-order valence-electron chi connectivity index (χ0n) is 8.28. The van der Waals surface area contributed by atoms with E-state index < -0.39 is 23.4 Å². The molecular weight excluding hydrogens is 250 g/mol. The molecule has 0 aromatic carbocycles. The van der Waals surface area contributed by atoms with Crippen LogP contribution in [0.25, 0.3) is 0 Å². The van der Waals surface area contributed by atoms with Crippen molar-refractivity contribution in [2.45, 2.75) is 0 Å². The quantitative estimate of drug-likeness (QED) is 0.295. The van der Waals surface area contributed by atoms with Crippen molar-refractivity contribution < 1.29 is 24.6 Å². The number of hydrogen-bond acceptors (Lipinski definition) is 7. The summed E-state index contributed by atoms with van der Waals surface area (Å²) >= 11 is 1.02. The van der Waals surface area contributed by atoms with Crippen LogP contribution >= 0.6 is 11.3 Å². The molecule has 0 bridgehead atoms. The van der Waals surface area contributed by atoms with E-state index in [9.17, 15) is 9.59 Å². The van der Waals surface area contributed by atoms with E-state index in [-0.39, 0.29) is 10.8 Å². The standard InChI is InChI=1S/C8H7N3O5S/c1-3(6(12)13)16-11-5(7(14)15)4-2-17-8(9)10-4/h2H,1H2,(H2,9,10)(H,12,13)(H,14,15)/b11-5-. The summed E-state index contributed by atoms with van der Waals surface area (Å²) in [6.07, 6.45) is 0. The molecule has 1 aromatic rings. The fraction of sp³-hybridized carbons (Fsp3) is 0. The highest BCUT2D eigenvalue weighted by Gasteiger charge is 2.18. The topological polar surface area (TPSA) is 135 Å². The van der Waals surface area contributed by atoms with Crippen molar-refractivity contribution in [3.05, 3.63) is 23.4 Å². The highest BCUT2D eigenvalue weighted by atomic mass is 32.1. The molecule has 0 aliphatic heterocycles. The number of carboxylic acids is 2. The first kappa shape index (κ1) is 12.6. The fourth-order valence-corrected chi connectivity index (χ4v) is 1.28. The van der Waals surface area contributed by atoms with E-state index in [1.165, 1.54) is 5.38 Å². The predicted molar refractivity (Wildman–Crippen MR) is 58.6 cm³/mol. The van der Waals surface area contributed by atoms with Crippen LogP contribution in [-0.4, -0.2) is 32.8 Å². The van der Waals surface area contributed by atoms with Crippen molar-refractivity contribution in [3.8, 4) is 0 Å². The maximum absolute atomic E-state index is 10.8. The molecule has 90 valence electrons. The number of aromatic nitrogens is 1. The van der Waals surface area contributed by atoms with Crippen molar-refractivity contribution in [2.75, 3.05) is 5.73 Å². The number of nitrogen functional groups attached to an aromatic ring is 1. The van der Waals surface area contributed by atoms with Gasteiger partial charge >= 0.3 is 11.9 Å². The van der Waals surface area contributed by atoms with Gasteiger partial charge in [-0.05, 0) is 6.58 Å². The first-order valence-corrected chi connectivity index (χ1v) is 4.91. The summed E-state index contributed by atoms with van der Waals surface area (Å²) < 4.78 is 0. The summed E-state index contributed by atoms with van der Waals surface area (Å²) in [5, 5.41) is 21.9. The molecule has 0 aliphatic carbocycles. The number of thiazole rings is 1. The number of nitrogens with two attached hydrogens (primary N) is 1. The molecule has 4 N–H and O–H groups in total. The summed E-state index contributed by atoms with van der Waals surface area (Å²) in [5.41, 5.74) is 4.76. The van der Waals surface area contributed by atoms with Gasteiger partial charge in [-0.3, -0.25) is 0 Å². The number of aliphatic carboxylic acids is 2. The van der Waals surface area contributed by atoms with Gasteiger partial charge in [-0.2, -0.15) is 0 Å². The van der Waals surface area contributed by atoms with E-state index in [0.717, 1.165) is 11.3 Å². The van der Waals surface area contributed by atoms with Crippen LogP contribution in [0.2, 0.25) is 0 Å². The fourth-order valence-electron chi connectivity index (χ4n) is 0.732. The largest absolute Gasteiger partial charge is 0.476 e. The third kappa shape index (κ3) is 3.28. The van der Waals surface area contributed by atoms with Gasteiger partial charge in [0.15, 0.2) is 5.13 Å². The van der Waals surface area contributed by atoms with E-state index in [1.54, 1.807) is 0 Å². The molecule has 8 nitrogen and oxygen atoms in total. The normalized spacial score (nSPS) is 10.9. The van der Waals surface area contributed by atoms with Gasteiger partial charge in [0.05, 0.1) is 0 Å². The van der Waals surface area contributed by atoms with Crippen molar-refractivity contribution in [1.29, 1.82) is 0 Å². The molecule has 0 radical (unpaired) electrons. The third-order valence-corrected chi connectivity index (χ3v) is 2.13. The summed E-state index contributed by atoms with van der Waals surface area (Å²) in [7, 11) is 0. The number of carboxylic acid groups (broad SMARTS) is 2. The van der Waals surface area contributed by atoms with Crippen molar-refractivity contribution >= 4 is 34.1 Å². The predicted octanol–water partition coefficient (Wildman–Crippen LogP) is 0.129. The van der Waals surface area contributed by atoms with Crippen molar-refractivity contribution in [3.63, 3.8) is 0 Å². The molecule has 0 saturated carbocycles. The summed E-state index contributed by atoms with van der Waals surface area (Å²) in [6.45, 7) is 3.02. The number of carbonyl (C=O) groups is 2. The Kier molecular flexibility index (Phi) is 3.78. The van der Waals surface area contributed by atoms with Gasteiger partial charge in [0.2, 0.25) is 11.5 Å². The molecule has 17 heavy (non-hydrogen) atoms. The molecule has 1 rings (SSSR count). The van der Waals surface area contributed by atoms with Crippen LogP contribution in [0.4, 0.5) is 5.13 Å². The molecule has 0 saturated heterocycles. The molecule has 0 spiro atoms. The molecule has 1 heterocycles. The van der Waals surface area contributed by atoms with Crippen LogP contribution in [-0.2, 0) is 14.4 Å². The minimum atomic E-state index is -1.45. The second-order valence-electron chi connectivity index (χ2n) is 2.64. The highest BCUT2D eigenvalue weighted by molar-refractivity contribution is 7.13. The number of nitrogens with zero attached hydrogens (tertiary/aromatic N) is 2. The Morgan fingerprint density at radius 3 is 2.53 bits per heavy atom. The Morgan fingerprint density at radius 2 is 2.12 bits per heavy atom. The lowest BCUT2D eigenvalue weighted by Gasteiger charge is -1.98. The molecule has 0 atom stereocenters. The van der Waals surface area contributed by atoms with Gasteiger partial charge in [-0.1, -0.05) is 5.16 Å². The van der Waals surface area contributed by atoms with Crippen LogP contribution in [0.3, 0.4) is 0 Å². The third-order valence-electron chi connectivity index (χ3n) is 1.45. The maximum Gasteiger partial charge on any atom is 0.374 e. The van der Waals surface area contributed by atoms with E-state index in [4.69, 9.17) is 15.9 Å². The first-order valence-electron chi connectivity index (χ1n) is 4.03. The SMILES string of the molecule is C=C(O/N=C(\C(=O)O)c1csc(N)n1)C(=O)O. The average Bonchev–Trinajstić information content (AvgIpc) is 2.64. The average molecular weight is 257 g/mol. The minimum Gasteiger partial charge on any atom is -0.476 e. The summed E-state index contributed by atoms with van der Waals surface area (Å²) in [4.78, 5) is 29.2. The van der Waals surface area contributed by atoms with Gasteiger partial charge in [-0.25, -0.2) is 14.6 Å². The van der Waals surface area contributed by atoms with Gasteiger partial charge in [0, 0.05) is 5.38 Å². The van der Waals surface area contributed by atoms with E-state index in [0.29, 0.717) is 0 Å². The second-order valence-corrected chi connectivity index (χ2v) is 3.53.